The van der Waals surface area contributed by atoms with Crippen LogP contribution in [-0.4, -0.2) is 28.3 Å². The van der Waals surface area contributed by atoms with E-state index in [1.54, 1.807) is 6.20 Å². The van der Waals surface area contributed by atoms with Gasteiger partial charge < -0.3 is 15.2 Å². The molecule has 1 unspecified atom stereocenters. The van der Waals surface area contributed by atoms with Crippen LogP contribution in [0.4, 0.5) is 5.69 Å². The van der Waals surface area contributed by atoms with Crippen molar-refractivity contribution in [1.82, 2.24) is 9.78 Å². The fourth-order valence-corrected chi connectivity index (χ4v) is 2.30. The minimum Gasteiger partial charge on any atom is -0.396 e. The zero-order valence-electron chi connectivity index (χ0n) is 9.97. The minimum atomic E-state index is -0.0551. The van der Waals surface area contributed by atoms with Gasteiger partial charge in [-0.15, -0.1) is 0 Å². The van der Waals surface area contributed by atoms with E-state index < -0.39 is 0 Å². The second-order valence-electron chi connectivity index (χ2n) is 5.07. The van der Waals surface area contributed by atoms with Gasteiger partial charge in [-0.1, -0.05) is 0 Å². The average molecular weight is 237 g/mol. The predicted octanol–water partition coefficient (Wildman–Crippen LogP) is 1.54. The molecule has 5 heteroatoms. The third-order valence-electron chi connectivity index (χ3n) is 3.43. The van der Waals surface area contributed by atoms with E-state index in [1.807, 2.05) is 10.9 Å². The molecule has 0 amide bonds. The summed E-state index contributed by atoms with van der Waals surface area (Å²) in [5.74, 6) is 0. The topological polar surface area (TPSA) is 62.3 Å². The Morgan fingerprint density at radius 3 is 3.00 bits per heavy atom. The molecule has 17 heavy (non-hydrogen) atoms. The second kappa shape index (κ2) is 4.31. The van der Waals surface area contributed by atoms with Crippen LogP contribution in [0, 0.1) is 0 Å². The molecule has 1 aliphatic heterocycles. The number of anilines is 1. The summed E-state index contributed by atoms with van der Waals surface area (Å²) in [5.41, 5.74) is 6.30. The van der Waals surface area contributed by atoms with Crippen molar-refractivity contribution in [2.75, 3.05) is 12.3 Å². The van der Waals surface area contributed by atoms with Crippen molar-refractivity contribution in [3.05, 3.63) is 12.4 Å². The smallest absolute Gasteiger partial charge is 0.158 e. The Labute approximate surface area is 101 Å². The average Bonchev–Trinajstić information content (AvgIpc) is 2.94. The minimum absolute atomic E-state index is 0.0147. The molecule has 1 atom stereocenters. The number of aromatic nitrogens is 2. The molecule has 1 aromatic heterocycles. The lowest BCUT2D eigenvalue weighted by Gasteiger charge is -2.27. The zero-order valence-corrected chi connectivity index (χ0v) is 9.97. The van der Waals surface area contributed by atoms with Crippen molar-refractivity contribution in [1.29, 1.82) is 0 Å². The van der Waals surface area contributed by atoms with Crippen LogP contribution in [0.15, 0.2) is 12.4 Å². The van der Waals surface area contributed by atoms with Crippen molar-refractivity contribution in [2.24, 2.45) is 0 Å². The molecule has 1 aromatic rings. The Balaban J connectivity index is 1.58. The van der Waals surface area contributed by atoms with Gasteiger partial charge >= 0.3 is 0 Å². The standard InChI is InChI=1S/C12H19N3O2/c13-10-7-14-15(8-10)9-12(4-5-12)17-11-3-1-2-6-16-11/h7-8,11H,1-6,9,13H2. The normalized spacial score (nSPS) is 26.9. The van der Waals surface area contributed by atoms with E-state index in [9.17, 15) is 0 Å². The van der Waals surface area contributed by atoms with Gasteiger partial charge in [0.1, 0.15) is 0 Å². The van der Waals surface area contributed by atoms with Crippen LogP contribution in [-0.2, 0) is 16.0 Å². The van der Waals surface area contributed by atoms with Crippen LogP contribution in [0.3, 0.4) is 0 Å². The Morgan fingerprint density at radius 2 is 2.41 bits per heavy atom. The number of hydrogen-bond donors (Lipinski definition) is 1. The molecule has 0 bridgehead atoms. The molecule has 2 aliphatic rings. The Morgan fingerprint density at radius 1 is 1.53 bits per heavy atom. The van der Waals surface area contributed by atoms with Gasteiger partial charge in [-0.3, -0.25) is 4.68 Å². The van der Waals surface area contributed by atoms with E-state index in [1.165, 1.54) is 6.42 Å². The first-order valence-electron chi connectivity index (χ1n) is 6.33. The van der Waals surface area contributed by atoms with Crippen LogP contribution < -0.4 is 5.73 Å². The molecule has 3 rings (SSSR count). The van der Waals surface area contributed by atoms with Crippen LogP contribution in [0.2, 0.25) is 0 Å². The highest BCUT2D eigenvalue weighted by molar-refractivity contribution is 5.30. The van der Waals surface area contributed by atoms with Gasteiger partial charge in [-0.2, -0.15) is 5.10 Å². The summed E-state index contributed by atoms with van der Waals surface area (Å²) in [7, 11) is 0. The first-order valence-corrected chi connectivity index (χ1v) is 6.33. The maximum atomic E-state index is 6.08. The summed E-state index contributed by atoms with van der Waals surface area (Å²) < 4.78 is 13.6. The molecule has 2 heterocycles. The fraction of sp³-hybridized carbons (Fsp3) is 0.750. The first kappa shape index (κ1) is 11.0. The van der Waals surface area contributed by atoms with E-state index in [0.717, 1.165) is 38.8 Å². The second-order valence-corrected chi connectivity index (χ2v) is 5.07. The van der Waals surface area contributed by atoms with Crippen LogP contribution in [0.1, 0.15) is 32.1 Å². The van der Waals surface area contributed by atoms with Crippen molar-refractivity contribution in [3.8, 4) is 0 Å². The maximum Gasteiger partial charge on any atom is 0.158 e. The summed E-state index contributed by atoms with van der Waals surface area (Å²) in [4.78, 5) is 0. The summed E-state index contributed by atoms with van der Waals surface area (Å²) in [6.45, 7) is 1.61. The predicted molar refractivity (Wildman–Crippen MR) is 63.3 cm³/mol. The molecule has 0 radical (unpaired) electrons. The van der Waals surface area contributed by atoms with Gasteiger partial charge in [-0.25, -0.2) is 0 Å². The highest BCUT2D eigenvalue weighted by Gasteiger charge is 2.46. The van der Waals surface area contributed by atoms with Gasteiger partial charge in [0, 0.05) is 12.8 Å². The molecular weight excluding hydrogens is 218 g/mol. The third-order valence-corrected chi connectivity index (χ3v) is 3.43. The van der Waals surface area contributed by atoms with Crippen molar-refractivity contribution >= 4 is 5.69 Å². The maximum absolute atomic E-state index is 6.08. The molecule has 5 nitrogen and oxygen atoms in total. The van der Waals surface area contributed by atoms with E-state index in [4.69, 9.17) is 15.2 Å². The Bertz CT molecular complexity index is 381. The lowest BCUT2D eigenvalue weighted by atomic mass is 10.2. The van der Waals surface area contributed by atoms with E-state index >= 15 is 0 Å². The molecule has 2 fully saturated rings. The lowest BCUT2D eigenvalue weighted by molar-refractivity contribution is -0.200. The van der Waals surface area contributed by atoms with E-state index in [0.29, 0.717) is 5.69 Å². The summed E-state index contributed by atoms with van der Waals surface area (Å²) in [6, 6.07) is 0. The number of hydrogen-bond acceptors (Lipinski definition) is 4. The molecule has 0 spiro atoms. The molecule has 94 valence electrons. The van der Waals surface area contributed by atoms with Gasteiger partial charge in [0.15, 0.2) is 6.29 Å². The molecule has 0 aromatic carbocycles. The first-order chi connectivity index (χ1) is 8.26. The van der Waals surface area contributed by atoms with Crippen LogP contribution in [0.25, 0.3) is 0 Å². The third kappa shape index (κ3) is 2.61. The summed E-state index contributed by atoms with van der Waals surface area (Å²) in [6.07, 6.45) is 9.07. The zero-order chi connectivity index (χ0) is 11.7. The van der Waals surface area contributed by atoms with E-state index in [-0.39, 0.29) is 11.9 Å². The Hall–Kier alpha value is -1.07. The van der Waals surface area contributed by atoms with Crippen LogP contribution >= 0.6 is 0 Å². The summed E-state index contributed by atoms with van der Waals surface area (Å²) in [5, 5.41) is 4.20. The molecular formula is C12H19N3O2. The molecule has 1 saturated carbocycles. The number of rotatable bonds is 4. The van der Waals surface area contributed by atoms with E-state index in [2.05, 4.69) is 5.10 Å². The van der Waals surface area contributed by atoms with Gasteiger partial charge in [-0.05, 0) is 32.1 Å². The molecule has 2 N–H and O–H groups in total. The van der Waals surface area contributed by atoms with Gasteiger partial charge in [0.05, 0.1) is 24.0 Å². The monoisotopic (exact) mass is 237 g/mol. The van der Waals surface area contributed by atoms with Crippen molar-refractivity contribution in [3.63, 3.8) is 0 Å². The summed E-state index contributed by atoms with van der Waals surface area (Å²) >= 11 is 0. The highest BCUT2D eigenvalue weighted by atomic mass is 16.7. The lowest BCUT2D eigenvalue weighted by Crippen LogP contribution is -2.32. The van der Waals surface area contributed by atoms with Crippen molar-refractivity contribution < 1.29 is 9.47 Å². The molecule has 1 aliphatic carbocycles. The quantitative estimate of drug-likeness (QED) is 0.862. The number of nitrogen functional groups attached to an aromatic ring is 1. The van der Waals surface area contributed by atoms with Crippen LogP contribution in [0.5, 0.6) is 0 Å². The SMILES string of the molecule is Nc1cnn(CC2(OC3CCCCO3)CC2)c1. The number of nitrogens with zero attached hydrogens (tertiary/aromatic N) is 2. The number of ether oxygens (including phenoxy) is 2. The van der Waals surface area contributed by atoms with Gasteiger partial charge in [0.25, 0.3) is 0 Å². The molecule has 1 saturated heterocycles. The highest BCUT2D eigenvalue weighted by Crippen LogP contribution is 2.43. The largest absolute Gasteiger partial charge is 0.396 e. The Kier molecular flexibility index (Phi) is 2.80. The number of nitrogens with two attached hydrogens (primary N) is 1. The van der Waals surface area contributed by atoms with Crippen molar-refractivity contribution in [2.45, 2.75) is 50.5 Å². The fourth-order valence-electron chi connectivity index (χ4n) is 2.30. The van der Waals surface area contributed by atoms with Gasteiger partial charge in [0.2, 0.25) is 0 Å².